The highest BCUT2D eigenvalue weighted by atomic mass is 127. The van der Waals surface area contributed by atoms with Gasteiger partial charge in [0.05, 0.1) is 11.6 Å². The summed E-state index contributed by atoms with van der Waals surface area (Å²) in [6.45, 7) is 2.05. The predicted octanol–water partition coefficient (Wildman–Crippen LogP) is 5.10. The summed E-state index contributed by atoms with van der Waals surface area (Å²) >= 11 is 4.03. The Labute approximate surface area is 191 Å². The molecule has 6 heteroatoms. The summed E-state index contributed by atoms with van der Waals surface area (Å²) in [5.41, 5.74) is 1.15. The highest BCUT2D eigenvalue weighted by Crippen LogP contribution is 2.60. The molecular formula is C22H15I2NO3. The second-order valence-electron chi connectivity index (χ2n) is 6.54. The normalized spacial score (nSPS) is 25.0. The number of rotatable bonds is 2. The summed E-state index contributed by atoms with van der Waals surface area (Å²) in [5, 5.41) is 0. The van der Waals surface area contributed by atoms with Crippen molar-refractivity contribution in [3.63, 3.8) is 0 Å². The van der Waals surface area contributed by atoms with Gasteiger partial charge in [-0.15, -0.1) is 0 Å². The average Bonchev–Trinajstić information content (AvgIpc) is 3.47. The minimum atomic E-state index is -0.552. The van der Waals surface area contributed by atoms with Crippen LogP contribution in [0.15, 0.2) is 54.6 Å². The van der Waals surface area contributed by atoms with Crippen molar-refractivity contribution in [3.05, 3.63) is 60.2 Å². The number of anilines is 1. The molecule has 1 saturated heterocycles. The Morgan fingerprint density at radius 3 is 2.57 bits per heavy atom. The van der Waals surface area contributed by atoms with Crippen LogP contribution in [-0.2, 0) is 10.3 Å². The molecule has 1 fully saturated rings. The van der Waals surface area contributed by atoms with Gasteiger partial charge in [-0.25, -0.2) is 4.79 Å². The topological polar surface area (TPSA) is 42.1 Å². The van der Waals surface area contributed by atoms with Gasteiger partial charge in [-0.1, -0.05) is 48.2 Å². The first-order chi connectivity index (χ1) is 13.6. The molecule has 2 aromatic carbocycles. The molecule has 2 heterocycles. The summed E-state index contributed by atoms with van der Waals surface area (Å²) in [4.78, 5) is 14.7. The first kappa shape index (κ1) is 19.6. The van der Waals surface area contributed by atoms with E-state index >= 15 is 0 Å². The standard InChI is InChI=1S/C22H15I2NO3/c1-15(11-13-23)22-17-9-5-6-10-18(17)25(19(12-14-24)20(22)28-22)21(26)27-16-7-3-2-4-8-16/h2-10,15,19-20H,1H3/t15-,19+,20+,22-/m1/s1. The number of hydrogen-bond donors (Lipinski definition) is 0. The summed E-state index contributed by atoms with van der Waals surface area (Å²) in [7, 11) is 0. The van der Waals surface area contributed by atoms with Gasteiger partial charge in [-0.3, -0.25) is 4.90 Å². The van der Waals surface area contributed by atoms with Crippen molar-refractivity contribution in [2.24, 2.45) is 5.92 Å². The number of fused-ring (bicyclic) bond motifs is 3. The predicted molar refractivity (Wildman–Crippen MR) is 124 cm³/mol. The van der Waals surface area contributed by atoms with E-state index in [1.54, 1.807) is 17.0 Å². The fourth-order valence-electron chi connectivity index (χ4n) is 3.81. The average molecular weight is 595 g/mol. The fourth-order valence-corrected chi connectivity index (χ4v) is 4.59. The molecule has 2 aromatic rings. The lowest BCUT2D eigenvalue weighted by molar-refractivity contribution is 0.205. The van der Waals surface area contributed by atoms with Crippen molar-refractivity contribution >= 4 is 57.0 Å². The van der Waals surface area contributed by atoms with E-state index in [0.29, 0.717) is 5.75 Å². The number of nitrogens with zero attached hydrogens (tertiary/aromatic N) is 1. The van der Waals surface area contributed by atoms with Crippen molar-refractivity contribution in [2.75, 3.05) is 4.90 Å². The smallest absolute Gasteiger partial charge is 0.410 e. The summed E-state index contributed by atoms with van der Waals surface area (Å²) in [6.07, 6.45) is -0.722. The van der Waals surface area contributed by atoms with E-state index in [-0.39, 0.29) is 12.0 Å². The first-order valence-electron chi connectivity index (χ1n) is 8.69. The first-order valence-corrected chi connectivity index (χ1v) is 10.8. The molecule has 0 aromatic heterocycles. The number of epoxide rings is 1. The lowest BCUT2D eigenvalue weighted by atomic mass is 9.78. The Hall–Kier alpha value is -1.75. The lowest BCUT2D eigenvalue weighted by Crippen LogP contribution is -2.50. The zero-order valence-electron chi connectivity index (χ0n) is 14.9. The number of carbonyl (C=O) groups excluding carboxylic acids is 1. The van der Waals surface area contributed by atoms with Crippen LogP contribution >= 0.6 is 45.2 Å². The molecule has 28 heavy (non-hydrogen) atoms. The molecule has 0 N–H and O–H groups in total. The Balaban J connectivity index is 1.79. The molecule has 0 saturated carbocycles. The Bertz CT molecular complexity index is 1030. The van der Waals surface area contributed by atoms with Gasteiger partial charge in [0.15, 0.2) is 0 Å². The fraction of sp³-hybridized carbons (Fsp3) is 0.227. The maximum Gasteiger partial charge on any atom is 0.420 e. The largest absolute Gasteiger partial charge is 0.420 e. The van der Waals surface area contributed by atoms with Gasteiger partial charge in [0, 0.05) is 50.7 Å². The molecule has 0 spiro atoms. The van der Waals surface area contributed by atoms with Crippen molar-refractivity contribution in [1.82, 2.24) is 0 Å². The van der Waals surface area contributed by atoms with E-state index in [1.807, 2.05) is 87.6 Å². The molecule has 2 aliphatic heterocycles. The minimum absolute atomic E-state index is 0.0265. The molecule has 0 radical (unpaired) electrons. The van der Waals surface area contributed by atoms with Crippen LogP contribution in [0, 0.1) is 25.6 Å². The second-order valence-corrected chi connectivity index (χ2v) is 7.62. The van der Waals surface area contributed by atoms with Gasteiger partial charge < -0.3 is 9.47 Å². The minimum Gasteiger partial charge on any atom is -0.410 e. The van der Waals surface area contributed by atoms with E-state index in [1.165, 1.54) is 0 Å². The van der Waals surface area contributed by atoms with E-state index < -0.39 is 17.7 Å². The number of carbonyl (C=O) groups is 1. The molecule has 0 bridgehead atoms. The SMILES string of the molecule is C[C@H](C#CI)[C@]12O[C@H]1[C@H](C#CI)N(C(=O)Oc1ccccc1)c1ccccc12. The third-order valence-electron chi connectivity index (χ3n) is 5.10. The Morgan fingerprint density at radius 1 is 1.14 bits per heavy atom. The van der Waals surface area contributed by atoms with Crippen molar-refractivity contribution < 1.29 is 14.3 Å². The number of hydrogen-bond acceptors (Lipinski definition) is 3. The number of ether oxygens (including phenoxy) is 2. The quantitative estimate of drug-likeness (QED) is 0.276. The monoisotopic (exact) mass is 595 g/mol. The number of halogens is 2. The van der Waals surface area contributed by atoms with Gasteiger partial charge in [0.2, 0.25) is 0 Å². The van der Waals surface area contributed by atoms with Gasteiger partial charge in [-0.2, -0.15) is 0 Å². The van der Waals surface area contributed by atoms with Crippen LogP contribution in [-0.4, -0.2) is 18.2 Å². The number of benzene rings is 2. The van der Waals surface area contributed by atoms with E-state index in [0.717, 1.165) is 11.3 Å². The maximum absolute atomic E-state index is 13.1. The van der Waals surface area contributed by atoms with Crippen LogP contribution in [0.3, 0.4) is 0 Å². The zero-order chi connectivity index (χ0) is 19.7. The molecule has 0 aliphatic carbocycles. The van der Waals surface area contributed by atoms with Crippen molar-refractivity contribution in [1.29, 1.82) is 0 Å². The summed E-state index contributed by atoms with van der Waals surface area (Å²) in [6, 6.07) is 16.4. The number of amides is 1. The molecule has 4 rings (SSSR count). The van der Waals surface area contributed by atoms with Gasteiger partial charge in [0.25, 0.3) is 0 Å². The van der Waals surface area contributed by atoms with Crippen molar-refractivity contribution in [2.45, 2.75) is 24.7 Å². The molecule has 140 valence electrons. The van der Waals surface area contributed by atoms with Crippen LogP contribution in [0.2, 0.25) is 0 Å². The molecule has 1 amide bonds. The van der Waals surface area contributed by atoms with Gasteiger partial charge in [0.1, 0.15) is 23.5 Å². The lowest BCUT2D eigenvalue weighted by Gasteiger charge is -2.35. The third kappa shape index (κ3) is 3.18. The molecule has 0 unspecified atom stereocenters. The Morgan fingerprint density at radius 2 is 1.86 bits per heavy atom. The highest BCUT2D eigenvalue weighted by molar-refractivity contribution is 14.1. The molecular weight excluding hydrogens is 580 g/mol. The van der Waals surface area contributed by atoms with Crippen LogP contribution in [0.4, 0.5) is 10.5 Å². The molecule has 2 aliphatic rings. The summed E-state index contributed by atoms with van der Waals surface area (Å²) in [5.74, 6) is 6.82. The second kappa shape index (κ2) is 7.94. The third-order valence-corrected chi connectivity index (χ3v) is 5.72. The van der Waals surface area contributed by atoms with Crippen LogP contribution in [0.5, 0.6) is 5.75 Å². The zero-order valence-corrected chi connectivity index (χ0v) is 19.2. The van der Waals surface area contributed by atoms with E-state index in [9.17, 15) is 4.79 Å². The molecule has 4 nitrogen and oxygen atoms in total. The van der Waals surface area contributed by atoms with Crippen LogP contribution in [0.1, 0.15) is 12.5 Å². The van der Waals surface area contributed by atoms with Crippen LogP contribution < -0.4 is 9.64 Å². The van der Waals surface area contributed by atoms with Crippen molar-refractivity contribution in [3.8, 4) is 25.4 Å². The summed E-state index contributed by atoms with van der Waals surface area (Å²) < 4.78 is 17.7. The van der Waals surface area contributed by atoms with Crippen LogP contribution in [0.25, 0.3) is 0 Å². The van der Waals surface area contributed by atoms with Gasteiger partial charge in [-0.05, 0) is 33.0 Å². The Kier molecular flexibility index (Phi) is 5.55. The maximum atomic E-state index is 13.1. The highest BCUT2D eigenvalue weighted by Gasteiger charge is 2.69. The van der Waals surface area contributed by atoms with E-state index in [2.05, 4.69) is 26.6 Å². The molecule has 4 atom stereocenters. The van der Waals surface area contributed by atoms with E-state index in [4.69, 9.17) is 9.47 Å². The van der Waals surface area contributed by atoms with Gasteiger partial charge >= 0.3 is 6.09 Å². The number of para-hydroxylation sites is 2.